The van der Waals surface area contributed by atoms with Gasteiger partial charge in [-0.1, -0.05) is 57.2 Å². The maximum absolute atomic E-state index is 13.1. The standard InChI is InChI=1S/C21H26FNO2/c1-21(2,3)18-8-4-16(5-9-18)14-23(13-12-20(24)25)15-17-6-10-19(22)11-7-17/h4-11H,12-15H2,1-3H3,(H,24,25). The number of hydrogen-bond acceptors (Lipinski definition) is 2. The predicted molar refractivity (Wildman–Crippen MR) is 97.9 cm³/mol. The van der Waals surface area contributed by atoms with Gasteiger partial charge in [0, 0.05) is 19.6 Å². The van der Waals surface area contributed by atoms with Gasteiger partial charge in [-0.25, -0.2) is 4.39 Å². The molecular weight excluding hydrogens is 317 g/mol. The summed E-state index contributed by atoms with van der Waals surface area (Å²) in [6, 6.07) is 14.8. The molecule has 2 aromatic rings. The molecule has 0 aromatic heterocycles. The van der Waals surface area contributed by atoms with Crippen LogP contribution in [0.1, 0.15) is 43.9 Å². The van der Waals surface area contributed by atoms with E-state index in [1.807, 2.05) is 0 Å². The van der Waals surface area contributed by atoms with Gasteiger partial charge in [-0.3, -0.25) is 9.69 Å². The van der Waals surface area contributed by atoms with Crippen LogP contribution in [-0.2, 0) is 23.3 Å². The summed E-state index contributed by atoms with van der Waals surface area (Å²) in [5.41, 5.74) is 3.49. The van der Waals surface area contributed by atoms with E-state index in [2.05, 4.69) is 49.9 Å². The number of rotatable bonds is 7. The van der Waals surface area contributed by atoms with Gasteiger partial charge in [0.25, 0.3) is 0 Å². The Morgan fingerprint density at radius 1 is 0.960 bits per heavy atom. The molecule has 0 aliphatic carbocycles. The maximum Gasteiger partial charge on any atom is 0.304 e. The van der Waals surface area contributed by atoms with Gasteiger partial charge in [0.15, 0.2) is 0 Å². The van der Waals surface area contributed by atoms with Crippen molar-refractivity contribution in [1.29, 1.82) is 0 Å². The summed E-state index contributed by atoms with van der Waals surface area (Å²) in [6.45, 7) is 8.23. The van der Waals surface area contributed by atoms with Crippen molar-refractivity contribution in [3.05, 3.63) is 71.0 Å². The number of carbonyl (C=O) groups is 1. The second-order valence-electron chi connectivity index (χ2n) is 7.43. The fourth-order valence-electron chi connectivity index (χ4n) is 2.68. The van der Waals surface area contributed by atoms with Crippen molar-refractivity contribution in [3.63, 3.8) is 0 Å². The number of benzene rings is 2. The minimum Gasteiger partial charge on any atom is -0.481 e. The quantitative estimate of drug-likeness (QED) is 0.799. The summed E-state index contributed by atoms with van der Waals surface area (Å²) in [4.78, 5) is 13.0. The van der Waals surface area contributed by atoms with Crippen molar-refractivity contribution in [1.82, 2.24) is 4.90 Å². The molecular formula is C21H26FNO2. The molecule has 4 heteroatoms. The fourth-order valence-corrected chi connectivity index (χ4v) is 2.68. The molecule has 0 amide bonds. The number of nitrogens with zero attached hydrogens (tertiary/aromatic N) is 1. The molecule has 0 bridgehead atoms. The summed E-state index contributed by atoms with van der Waals surface area (Å²) < 4.78 is 13.1. The van der Waals surface area contributed by atoms with Gasteiger partial charge >= 0.3 is 5.97 Å². The average molecular weight is 343 g/mol. The molecule has 25 heavy (non-hydrogen) atoms. The second kappa shape index (κ2) is 8.26. The molecule has 0 aliphatic rings. The van der Waals surface area contributed by atoms with Crippen molar-refractivity contribution >= 4 is 5.97 Å². The Kier molecular flexibility index (Phi) is 6.32. The third-order valence-electron chi connectivity index (χ3n) is 4.19. The van der Waals surface area contributed by atoms with Crippen molar-refractivity contribution in [2.24, 2.45) is 0 Å². The van der Waals surface area contributed by atoms with Crippen molar-refractivity contribution in [3.8, 4) is 0 Å². The maximum atomic E-state index is 13.1. The Morgan fingerprint density at radius 2 is 1.44 bits per heavy atom. The van der Waals surface area contributed by atoms with Crippen molar-refractivity contribution in [2.75, 3.05) is 6.54 Å². The fraction of sp³-hybridized carbons (Fsp3) is 0.381. The molecule has 0 atom stereocenters. The molecule has 2 rings (SSSR count). The first-order chi connectivity index (χ1) is 11.7. The summed E-state index contributed by atoms with van der Waals surface area (Å²) >= 11 is 0. The molecule has 0 aliphatic heterocycles. The zero-order valence-corrected chi connectivity index (χ0v) is 15.1. The number of carboxylic acids is 1. The largest absolute Gasteiger partial charge is 0.481 e. The highest BCUT2D eigenvalue weighted by atomic mass is 19.1. The van der Waals surface area contributed by atoms with E-state index in [0.717, 1.165) is 11.1 Å². The Bertz CT molecular complexity index is 687. The summed E-state index contributed by atoms with van der Waals surface area (Å²) in [7, 11) is 0. The highest BCUT2D eigenvalue weighted by molar-refractivity contribution is 5.66. The molecule has 0 saturated carbocycles. The first-order valence-corrected chi connectivity index (χ1v) is 8.52. The number of halogens is 1. The van der Waals surface area contributed by atoms with E-state index in [4.69, 9.17) is 5.11 Å². The van der Waals surface area contributed by atoms with Gasteiger partial charge in [0.05, 0.1) is 6.42 Å². The lowest BCUT2D eigenvalue weighted by Crippen LogP contribution is -2.25. The Balaban J connectivity index is 2.09. The normalized spacial score (nSPS) is 11.7. The number of carboxylic acid groups (broad SMARTS) is 1. The minimum absolute atomic E-state index is 0.0846. The first-order valence-electron chi connectivity index (χ1n) is 8.52. The number of aliphatic carboxylic acids is 1. The zero-order chi connectivity index (χ0) is 18.4. The zero-order valence-electron chi connectivity index (χ0n) is 15.1. The molecule has 0 fully saturated rings. The molecule has 3 nitrogen and oxygen atoms in total. The molecule has 134 valence electrons. The third-order valence-corrected chi connectivity index (χ3v) is 4.19. The second-order valence-corrected chi connectivity index (χ2v) is 7.43. The van der Waals surface area contributed by atoms with E-state index in [9.17, 15) is 9.18 Å². The molecule has 0 unspecified atom stereocenters. The first kappa shape index (κ1) is 19.1. The molecule has 0 spiro atoms. The molecule has 0 saturated heterocycles. The lowest BCUT2D eigenvalue weighted by Gasteiger charge is -2.23. The molecule has 1 N–H and O–H groups in total. The average Bonchev–Trinajstić information content (AvgIpc) is 2.54. The topological polar surface area (TPSA) is 40.5 Å². The van der Waals surface area contributed by atoms with E-state index >= 15 is 0 Å². The van der Waals surface area contributed by atoms with Gasteiger partial charge in [0.2, 0.25) is 0 Å². The third kappa shape index (κ3) is 6.31. The van der Waals surface area contributed by atoms with Crippen LogP contribution in [0.5, 0.6) is 0 Å². The van der Waals surface area contributed by atoms with Crippen LogP contribution in [0.2, 0.25) is 0 Å². The molecule has 2 aromatic carbocycles. The van der Waals surface area contributed by atoms with Crippen LogP contribution in [-0.4, -0.2) is 22.5 Å². The summed E-state index contributed by atoms with van der Waals surface area (Å²) in [6.07, 6.45) is 0.0846. The van der Waals surface area contributed by atoms with Crippen LogP contribution < -0.4 is 0 Å². The molecule has 0 heterocycles. The van der Waals surface area contributed by atoms with Gasteiger partial charge in [-0.2, -0.15) is 0 Å². The van der Waals surface area contributed by atoms with Crippen LogP contribution >= 0.6 is 0 Å². The molecule has 0 radical (unpaired) electrons. The minimum atomic E-state index is -0.813. The van der Waals surface area contributed by atoms with E-state index in [1.54, 1.807) is 12.1 Å². The summed E-state index contributed by atoms with van der Waals surface area (Å²) in [5.74, 6) is -1.08. The van der Waals surface area contributed by atoms with Crippen LogP contribution in [0.4, 0.5) is 4.39 Å². The Hall–Kier alpha value is -2.20. The lowest BCUT2D eigenvalue weighted by molar-refractivity contribution is -0.137. The van der Waals surface area contributed by atoms with Crippen LogP contribution in [0, 0.1) is 5.82 Å². The Labute approximate surface area is 149 Å². The highest BCUT2D eigenvalue weighted by Gasteiger charge is 2.14. The lowest BCUT2D eigenvalue weighted by atomic mass is 9.87. The van der Waals surface area contributed by atoms with Crippen LogP contribution in [0.25, 0.3) is 0 Å². The van der Waals surface area contributed by atoms with Crippen LogP contribution in [0.3, 0.4) is 0 Å². The highest BCUT2D eigenvalue weighted by Crippen LogP contribution is 2.22. The number of hydrogen-bond donors (Lipinski definition) is 1. The summed E-state index contributed by atoms with van der Waals surface area (Å²) in [5, 5.41) is 8.98. The van der Waals surface area contributed by atoms with Gasteiger partial charge < -0.3 is 5.11 Å². The predicted octanol–water partition coefficient (Wildman–Crippen LogP) is 4.60. The van der Waals surface area contributed by atoms with E-state index in [1.165, 1.54) is 17.7 Å². The van der Waals surface area contributed by atoms with Crippen LogP contribution in [0.15, 0.2) is 48.5 Å². The van der Waals surface area contributed by atoms with Crippen molar-refractivity contribution in [2.45, 2.75) is 45.7 Å². The van der Waals surface area contributed by atoms with Gasteiger partial charge in [-0.15, -0.1) is 0 Å². The monoisotopic (exact) mass is 343 g/mol. The SMILES string of the molecule is CC(C)(C)c1ccc(CN(CCC(=O)O)Cc2ccc(F)cc2)cc1. The van der Waals surface area contributed by atoms with E-state index in [-0.39, 0.29) is 17.7 Å². The Morgan fingerprint density at radius 3 is 1.88 bits per heavy atom. The van der Waals surface area contributed by atoms with Gasteiger partial charge in [0.1, 0.15) is 5.82 Å². The van der Waals surface area contributed by atoms with E-state index in [0.29, 0.717) is 19.6 Å². The van der Waals surface area contributed by atoms with Gasteiger partial charge in [-0.05, 0) is 34.2 Å². The van der Waals surface area contributed by atoms with Crippen molar-refractivity contribution < 1.29 is 14.3 Å². The smallest absolute Gasteiger partial charge is 0.304 e. The van der Waals surface area contributed by atoms with E-state index < -0.39 is 5.97 Å².